The third-order valence-corrected chi connectivity index (χ3v) is 12.6. The summed E-state index contributed by atoms with van der Waals surface area (Å²) in [5.41, 5.74) is 0. The molecule has 0 aromatic carbocycles. The van der Waals surface area contributed by atoms with Gasteiger partial charge in [-0.05, 0) is 83.5 Å². The maximum absolute atomic E-state index is 13.4. The number of aliphatic hydroxyl groups excluding tert-OH is 5. The van der Waals surface area contributed by atoms with Crippen molar-refractivity contribution in [2.24, 2.45) is 0 Å². The number of carbonyl (C=O) groups excluding carboxylic acids is 2. The molecule has 8 unspecified atom stereocenters. The van der Waals surface area contributed by atoms with Gasteiger partial charge in [0, 0.05) is 6.42 Å². The second-order valence-corrected chi connectivity index (χ2v) is 19.4. The average Bonchev–Trinajstić information content (AvgIpc) is 3.43. The fourth-order valence-electron chi connectivity index (χ4n) is 8.00. The molecule has 0 bridgehead atoms. The molecule has 11 nitrogen and oxygen atoms in total. The van der Waals surface area contributed by atoms with Crippen LogP contribution >= 0.6 is 0 Å². The van der Waals surface area contributed by atoms with Gasteiger partial charge >= 0.3 is 5.97 Å². The van der Waals surface area contributed by atoms with Crippen LogP contribution in [0, 0.1) is 0 Å². The summed E-state index contributed by atoms with van der Waals surface area (Å²) >= 11 is 0. The highest BCUT2D eigenvalue weighted by Gasteiger charge is 2.47. The van der Waals surface area contributed by atoms with Crippen molar-refractivity contribution in [3.63, 3.8) is 0 Å². The van der Waals surface area contributed by atoms with Crippen LogP contribution in [-0.4, -0.2) is 99.6 Å². The first-order chi connectivity index (χ1) is 37.7. The maximum atomic E-state index is 13.4. The monoisotopic (exact) mass is 1070 g/mol. The minimum Gasteiger partial charge on any atom is -0.454 e. The van der Waals surface area contributed by atoms with E-state index in [9.17, 15) is 35.1 Å². The number of hydrogen-bond acceptors (Lipinski definition) is 10. The smallest absolute Gasteiger partial charge is 0.306 e. The van der Waals surface area contributed by atoms with Gasteiger partial charge in [-0.3, -0.25) is 9.59 Å². The standard InChI is InChI=1S/C66H103NO10/c1-4-7-10-13-16-19-22-25-27-29-30-31-33-36-39-42-45-48-51-54-61(71)77-64-63(73)62(72)60(55-68)76-66(64)75-56-57(58(69)52-49-46-43-40-37-34-24-21-18-15-12-9-6-3)67-65(74)59(70)53-50-47-44-41-38-35-32-28-26-23-20-17-14-11-8-5-2/h7-8,10-11,14,16-17,19-20,23,25-28,30-32,35-36,38-39,41,45,48-49,52,57-60,62-64,66,68-70,72-73H,4-6,9,12-13,15,18,21-22,24,29,33-34,37,40,42-44,46-47,50-51,53-56H2,1-3H3,(H,67,74)/b10-7-,11-8-,17-14+,19-16-,23-20+,27-25-,28-26-,31-30-,35-32+,39-36-,41-38+,48-45-,52-49+. The summed E-state index contributed by atoms with van der Waals surface area (Å²) in [6.07, 6.45) is 65.7. The van der Waals surface area contributed by atoms with Gasteiger partial charge in [0.25, 0.3) is 0 Å². The SMILES string of the molecule is CC\C=C/C=C/C=C/C=C\C=C\C=C\CCCCC(O)C(=O)NC(COC1OC(CO)C(O)C(O)C1OC(=O)CC/C=C\C/C=C\C/C=C\C/C=C\C/C=C\C/C=C\CC)C(O)/C=C/CCCCCCCCCCCCC. The molecule has 0 aromatic heterocycles. The van der Waals surface area contributed by atoms with E-state index in [0.717, 1.165) is 77.0 Å². The molecule has 0 saturated carbocycles. The van der Waals surface area contributed by atoms with Gasteiger partial charge in [-0.15, -0.1) is 0 Å². The average molecular weight is 1070 g/mol. The summed E-state index contributed by atoms with van der Waals surface area (Å²) in [7, 11) is 0. The minimum absolute atomic E-state index is 0.0178. The van der Waals surface area contributed by atoms with Gasteiger partial charge in [0.1, 0.15) is 24.4 Å². The minimum atomic E-state index is -1.66. The second-order valence-electron chi connectivity index (χ2n) is 19.4. The lowest BCUT2D eigenvalue weighted by molar-refractivity contribution is -0.305. The van der Waals surface area contributed by atoms with E-state index in [1.165, 1.54) is 51.4 Å². The Morgan fingerprint density at radius 2 is 1.00 bits per heavy atom. The molecule has 1 fully saturated rings. The summed E-state index contributed by atoms with van der Waals surface area (Å²) in [5.74, 6) is -1.35. The van der Waals surface area contributed by atoms with E-state index < -0.39 is 67.4 Å². The van der Waals surface area contributed by atoms with Crippen molar-refractivity contribution < 1.29 is 49.3 Å². The van der Waals surface area contributed by atoms with Crippen LogP contribution in [0.25, 0.3) is 0 Å². The van der Waals surface area contributed by atoms with E-state index in [1.54, 1.807) is 6.08 Å². The number of aliphatic hydroxyl groups is 5. The largest absolute Gasteiger partial charge is 0.454 e. The number of carbonyl (C=O) groups is 2. The zero-order valence-corrected chi connectivity index (χ0v) is 47.5. The summed E-state index contributed by atoms with van der Waals surface area (Å²) in [5, 5.41) is 56.8. The lowest BCUT2D eigenvalue weighted by Crippen LogP contribution is -2.61. The van der Waals surface area contributed by atoms with Crippen molar-refractivity contribution in [1.82, 2.24) is 5.32 Å². The van der Waals surface area contributed by atoms with Gasteiger partial charge in [-0.2, -0.15) is 0 Å². The molecule has 1 heterocycles. The lowest BCUT2D eigenvalue weighted by Gasteiger charge is -2.41. The summed E-state index contributed by atoms with van der Waals surface area (Å²) < 4.78 is 17.5. The van der Waals surface area contributed by atoms with Crippen molar-refractivity contribution in [1.29, 1.82) is 0 Å². The molecular weight excluding hydrogens is 967 g/mol. The molecule has 0 aliphatic carbocycles. The zero-order valence-electron chi connectivity index (χ0n) is 47.5. The maximum Gasteiger partial charge on any atom is 0.306 e. The Kier molecular flexibility index (Phi) is 47.5. The van der Waals surface area contributed by atoms with E-state index in [0.29, 0.717) is 19.3 Å². The summed E-state index contributed by atoms with van der Waals surface area (Å²) in [6.45, 7) is 5.43. The molecule has 0 radical (unpaired) electrons. The normalized spacial score (nSPS) is 20.2. The first-order valence-corrected chi connectivity index (χ1v) is 29.3. The molecule has 0 aromatic rings. The predicted octanol–water partition coefficient (Wildman–Crippen LogP) is 13.6. The summed E-state index contributed by atoms with van der Waals surface area (Å²) in [4.78, 5) is 26.5. The first kappa shape index (κ1) is 70.3. The fraction of sp³-hybridized carbons (Fsp3) is 0.576. The van der Waals surface area contributed by atoms with Crippen molar-refractivity contribution in [2.75, 3.05) is 13.2 Å². The lowest BCUT2D eigenvalue weighted by atomic mass is 9.99. The van der Waals surface area contributed by atoms with Crippen LogP contribution in [0.15, 0.2) is 158 Å². The number of rotatable bonds is 46. The molecule has 1 amide bonds. The number of unbranched alkanes of at least 4 members (excludes halogenated alkanes) is 13. The Morgan fingerprint density at radius 1 is 0.532 bits per heavy atom. The van der Waals surface area contributed by atoms with Crippen LogP contribution in [0.4, 0.5) is 0 Å². The Labute approximate surface area is 466 Å². The fourth-order valence-corrected chi connectivity index (χ4v) is 8.00. The Bertz CT molecular complexity index is 1850. The molecule has 8 atom stereocenters. The topological polar surface area (TPSA) is 175 Å². The van der Waals surface area contributed by atoms with Gasteiger partial charge in [-0.25, -0.2) is 0 Å². The van der Waals surface area contributed by atoms with Gasteiger partial charge in [0.2, 0.25) is 5.91 Å². The van der Waals surface area contributed by atoms with Crippen molar-refractivity contribution in [3.8, 4) is 0 Å². The van der Waals surface area contributed by atoms with Gasteiger partial charge in [0.15, 0.2) is 12.4 Å². The number of esters is 1. The van der Waals surface area contributed by atoms with Crippen LogP contribution in [0.3, 0.4) is 0 Å². The quantitative estimate of drug-likeness (QED) is 0.0149. The molecule has 432 valence electrons. The van der Waals surface area contributed by atoms with Crippen molar-refractivity contribution >= 4 is 11.9 Å². The molecule has 6 N–H and O–H groups in total. The van der Waals surface area contributed by atoms with Gasteiger partial charge in [-0.1, -0.05) is 249 Å². The highest BCUT2D eigenvalue weighted by Crippen LogP contribution is 2.26. The van der Waals surface area contributed by atoms with Crippen LogP contribution in [0.2, 0.25) is 0 Å². The Morgan fingerprint density at radius 3 is 1.53 bits per heavy atom. The number of allylic oxidation sites excluding steroid dienone is 25. The van der Waals surface area contributed by atoms with E-state index in [2.05, 4.69) is 92.9 Å². The highest BCUT2D eigenvalue weighted by atomic mass is 16.7. The van der Waals surface area contributed by atoms with E-state index in [4.69, 9.17) is 14.2 Å². The molecule has 1 aliphatic rings. The number of ether oxygens (including phenoxy) is 3. The predicted molar refractivity (Wildman–Crippen MR) is 319 cm³/mol. The Balaban J connectivity index is 2.83. The number of nitrogens with one attached hydrogen (secondary N) is 1. The molecule has 1 aliphatic heterocycles. The van der Waals surface area contributed by atoms with Crippen LogP contribution in [-0.2, 0) is 23.8 Å². The number of hydrogen-bond donors (Lipinski definition) is 6. The highest BCUT2D eigenvalue weighted by molar-refractivity contribution is 5.80. The van der Waals surface area contributed by atoms with Crippen LogP contribution < -0.4 is 5.32 Å². The van der Waals surface area contributed by atoms with E-state index in [1.807, 2.05) is 85.1 Å². The third kappa shape index (κ3) is 40.2. The molecular formula is C66H103NO10. The molecule has 77 heavy (non-hydrogen) atoms. The molecule has 1 rings (SSSR count). The number of amides is 1. The molecule has 11 heteroatoms. The second kappa shape index (κ2) is 52.0. The summed E-state index contributed by atoms with van der Waals surface area (Å²) in [6, 6.07) is -1.07. The molecule has 1 saturated heterocycles. The van der Waals surface area contributed by atoms with Gasteiger partial charge in [0.05, 0.1) is 25.4 Å². The van der Waals surface area contributed by atoms with Crippen LogP contribution in [0.1, 0.15) is 181 Å². The van der Waals surface area contributed by atoms with E-state index in [-0.39, 0.29) is 19.4 Å². The van der Waals surface area contributed by atoms with E-state index >= 15 is 0 Å². The Hall–Kier alpha value is -4.72. The van der Waals surface area contributed by atoms with Crippen LogP contribution in [0.5, 0.6) is 0 Å². The first-order valence-electron chi connectivity index (χ1n) is 29.3. The molecule has 0 spiro atoms. The van der Waals surface area contributed by atoms with Crippen molar-refractivity contribution in [2.45, 2.75) is 230 Å². The van der Waals surface area contributed by atoms with Gasteiger partial charge < -0.3 is 45.1 Å². The third-order valence-electron chi connectivity index (χ3n) is 12.6. The van der Waals surface area contributed by atoms with Crippen molar-refractivity contribution in [3.05, 3.63) is 158 Å². The zero-order chi connectivity index (χ0) is 56.1.